The molecule has 2 aromatic heterocycles. The SMILES string of the molecule is O=C(Cc1ccccc1)Nc1nnc(CCSCc2nnc(NC(=O)CC3=CC=CCN3)s2)s1. The second kappa shape index (κ2) is 12.4. The maximum Gasteiger partial charge on any atom is 0.232 e. The van der Waals surface area contributed by atoms with Crippen molar-refractivity contribution in [1.82, 2.24) is 25.7 Å². The van der Waals surface area contributed by atoms with Crippen molar-refractivity contribution in [1.29, 1.82) is 0 Å². The molecule has 0 saturated heterocycles. The first-order valence-electron chi connectivity index (χ1n) is 10.6. The Kier molecular flexibility index (Phi) is 8.77. The number of aryl methyl sites for hydroxylation is 1. The number of amides is 2. The third-order valence-corrected chi connectivity index (χ3v) is 7.44. The Morgan fingerprint density at radius 2 is 1.65 bits per heavy atom. The molecule has 0 atom stereocenters. The number of aromatic nitrogens is 4. The van der Waals surface area contributed by atoms with Gasteiger partial charge in [-0.1, -0.05) is 65.2 Å². The average Bonchev–Trinajstić information content (AvgIpc) is 3.47. The van der Waals surface area contributed by atoms with E-state index in [1.165, 1.54) is 22.7 Å². The molecule has 2 amide bonds. The lowest BCUT2D eigenvalue weighted by Crippen LogP contribution is -2.21. The summed E-state index contributed by atoms with van der Waals surface area (Å²) in [5.41, 5.74) is 1.84. The molecule has 1 aliphatic rings. The fourth-order valence-corrected chi connectivity index (χ4v) is 5.63. The Balaban J connectivity index is 1.14. The molecule has 4 rings (SSSR count). The third-order valence-electron chi connectivity index (χ3n) is 4.55. The van der Waals surface area contributed by atoms with Crippen molar-refractivity contribution in [2.24, 2.45) is 0 Å². The molecule has 0 bridgehead atoms. The monoisotopic (exact) mass is 513 g/mol. The van der Waals surface area contributed by atoms with Crippen molar-refractivity contribution in [3.63, 3.8) is 0 Å². The van der Waals surface area contributed by atoms with Crippen molar-refractivity contribution in [2.45, 2.75) is 25.0 Å². The minimum Gasteiger partial charge on any atom is -0.384 e. The van der Waals surface area contributed by atoms with E-state index in [1.54, 1.807) is 11.8 Å². The van der Waals surface area contributed by atoms with Crippen LogP contribution >= 0.6 is 34.4 Å². The summed E-state index contributed by atoms with van der Waals surface area (Å²) in [6.07, 6.45) is 7.16. The molecule has 34 heavy (non-hydrogen) atoms. The Hall–Kier alpha value is -3.09. The van der Waals surface area contributed by atoms with Crippen LogP contribution in [0, 0.1) is 0 Å². The van der Waals surface area contributed by atoms with Crippen molar-refractivity contribution in [3.05, 3.63) is 69.8 Å². The number of hydrogen-bond donors (Lipinski definition) is 3. The minimum atomic E-state index is -0.118. The van der Waals surface area contributed by atoms with E-state index in [1.807, 2.05) is 48.6 Å². The summed E-state index contributed by atoms with van der Waals surface area (Å²) in [5, 5.41) is 27.9. The lowest BCUT2D eigenvalue weighted by Gasteiger charge is -2.10. The predicted octanol–water partition coefficient (Wildman–Crippen LogP) is 3.42. The van der Waals surface area contributed by atoms with Gasteiger partial charge in [0.2, 0.25) is 22.1 Å². The van der Waals surface area contributed by atoms with Gasteiger partial charge in [0.15, 0.2) is 0 Å². The van der Waals surface area contributed by atoms with Gasteiger partial charge in [-0.05, 0) is 11.6 Å². The van der Waals surface area contributed by atoms with Crippen LogP contribution in [0.1, 0.15) is 22.0 Å². The number of thioether (sulfide) groups is 1. The van der Waals surface area contributed by atoms with E-state index >= 15 is 0 Å². The van der Waals surface area contributed by atoms with Gasteiger partial charge in [-0.15, -0.1) is 20.4 Å². The van der Waals surface area contributed by atoms with Gasteiger partial charge in [-0.3, -0.25) is 9.59 Å². The minimum absolute atomic E-state index is 0.106. The van der Waals surface area contributed by atoms with E-state index in [4.69, 9.17) is 0 Å². The highest BCUT2D eigenvalue weighted by atomic mass is 32.2. The summed E-state index contributed by atoms with van der Waals surface area (Å²) in [6.45, 7) is 0.737. The van der Waals surface area contributed by atoms with E-state index in [2.05, 4.69) is 36.3 Å². The van der Waals surface area contributed by atoms with Crippen LogP contribution in [-0.4, -0.2) is 44.5 Å². The molecule has 3 heterocycles. The zero-order chi connectivity index (χ0) is 23.6. The molecule has 0 fully saturated rings. The van der Waals surface area contributed by atoms with Crippen LogP contribution in [0.2, 0.25) is 0 Å². The van der Waals surface area contributed by atoms with Crippen LogP contribution in [0.5, 0.6) is 0 Å². The topological polar surface area (TPSA) is 122 Å². The number of anilines is 2. The normalized spacial score (nSPS) is 12.6. The Morgan fingerprint density at radius 3 is 2.38 bits per heavy atom. The smallest absolute Gasteiger partial charge is 0.232 e. The maximum absolute atomic E-state index is 12.2. The third kappa shape index (κ3) is 7.75. The molecule has 1 aromatic carbocycles. The van der Waals surface area contributed by atoms with Gasteiger partial charge in [-0.2, -0.15) is 11.8 Å². The van der Waals surface area contributed by atoms with Crippen LogP contribution in [0.15, 0.2) is 54.3 Å². The second-order valence-corrected chi connectivity index (χ2v) is 10.5. The van der Waals surface area contributed by atoms with Gasteiger partial charge < -0.3 is 16.0 Å². The molecule has 12 heteroatoms. The van der Waals surface area contributed by atoms with E-state index in [0.717, 1.165) is 40.0 Å². The molecule has 0 unspecified atom stereocenters. The maximum atomic E-state index is 12.2. The highest BCUT2D eigenvalue weighted by molar-refractivity contribution is 7.98. The van der Waals surface area contributed by atoms with Gasteiger partial charge in [-0.25, -0.2) is 0 Å². The first-order valence-corrected chi connectivity index (χ1v) is 13.4. The van der Waals surface area contributed by atoms with Crippen molar-refractivity contribution in [3.8, 4) is 0 Å². The summed E-state index contributed by atoms with van der Waals surface area (Å²) < 4.78 is 0. The van der Waals surface area contributed by atoms with Gasteiger partial charge >= 0.3 is 0 Å². The summed E-state index contributed by atoms with van der Waals surface area (Å²) >= 11 is 4.48. The standard InChI is InChI=1S/C22H23N7O2S3/c30-17(12-15-6-2-1-3-7-15)24-21-28-26-19(33-21)9-11-32-14-20-27-29-22(34-20)25-18(31)13-16-8-4-5-10-23-16/h1-8,23H,9-14H2,(H,24,28,30)(H,25,29,31). The molecule has 176 valence electrons. The molecular formula is C22H23N7O2S3. The lowest BCUT2D eigenvalue weighted by molar-refractivity contribution is -0.116. The average molecular weight is 514 g/mol. The molecule has 1 aliphatic heterocycles. The summed E-state index contributed by atoms with van der Waals surface area (Å²) in [7, 11) is 0. The Bertz CT molecular complexity index is 1170. The number of carbonyl (C=O) groups is 2. The van der Waals surface area contributed by atoms with E-state index in [-0.39, 0.29) is 18.2 Å². The fraction of sp³-hybridized carbons (Fsp3) is 0.273. The Morgan fingerprint density at radius 1 is 0.941 bits per heavy atom. The van der Waals surface area contributed by atoms with E-state index in [0.29, 0.717) is 22.4 Å². The number of rotatable bonds is 11. The molecule has 3 aromatic rings. The number of nitrogens with one attached hydrogen (secondary N) is 3. The van der Waals surface area contributed by atoms with Crippen LogP contribution < -0.4 is 16.0 Å². The van der Waals surface area contributed by atoms with E-state index < -0.39 is 0 Å². The zero-order valence-electron chi connectivity index (χ0n) is 18.2. The molecule has 0 spiro atoms. The molecule has 0 radical (unpaired) electrons. The van der Waals surface area contributed by atoms with Gasteiger partial charge in [0.25, 0.3) is 0 Å². The number of dihydropyridines is 1. The van der Waals surface area contributed by atoms with Crippen molar-refractivity contribution in [2.75, 3.05) is 22.9 Å². The molecule has 0 saturated carbocycles. The quantitative estimate of drug-likeness (QED) is 0.334. The predicted molar refractivity (Wildman–Crippen MR) is 137 cm³/mol. The van der Waals surface area contributed by atoms with Crippen molar-refractivity contribution < 1.29 is 9.59 Å². The van der Waals surface area contributed by atoms with E-state index in [9.17, 15) is 9.59 Å². The summed E-state index contributed by atoms with van der Waals surface area (Å²) in [6, 6.07) is 9.58. The number of carbonyl (C=O) groups excluding carboxylic acids is 2. The molecule has 9 nitrogen and oxygen atoms in total. The number of benzene rings is 1. The van der Waals surface area contributed by atoms with Crippen LogP contribution in [-0.2, 0) is 28.2 Å². The molecular weight excluding hydrogens is 490 g/mol. The van der Waals surface area contributed by atoms with Gasteiger partial charge in [0, 0.05) is 30.2 Å². The lowest BCUT2D eigenvalue weighted by atomic mass is 10.1. The Labute approximate surface area is 209 Å². The van der Waals surface area contributed by atoms with Crippen LogP contribution in [0.4, 0.5) is 10.3 Å². The molecule has 3 N–H and O–H groups in total. The van der Waals surface area contributed by atoms with Crippen LogP contribution in [0.3, 0.4) is 0 Å². The summed E-state index contributed by atoms with van der Waals surface area (Å²) in [5.74, 6) is 1.31. The van der Waals surface area contributed by atoms with Gasteiger partial charge in [0.05, 0.1) is 12.8 Å². The highest BCUT2D eigenvalue weighted by Crippen LogP contribution is 2.22. The number of allylic oxidation sites excluding steroid dienone is 2. The second-order valence-electron chi connectivity index (χ2n) is 7.24. The number of nitrogens with zero attached hydrogens (tertiary/aromatic N) is 4. The zero-order valence-corrected chi connectivity index (χ0v) is 20.6. The molecule has 0 aliphatic carbocycles. The summed E-state index contributed by atoms with van der Waals surface area (Å²) in [4.78, 5) is 24.3. The largest absolute Gasteiger partial charge is 0.384 e. The first-order chi connectivity index (χ1) is 16.6. The number of hydrogen-bond acceptors (Lipinski definition) is 10. The van der Waals surface area contributed by atoms with Crippen molar-refractivity contribution >= 4 is 56.5 Å². The van der Waals surface area contributed by atoms with Gasteiger partial charge in [0.1, 0.15) is 10.0 Å². The van der Waals surface area contributed by atoms with Crippen LogP contribution in [0.25, 0.3) is 0 Å². The fourth-order valence-electron chi connectivity index (χ4n) is 2.99. The highest BCUT2D eigenvalue weighted by Gasteiger charge is 2.12. The first kappa shape index (κ1) is 24.0.